The molecule has 0 aliphatic heterocycles. The third-order valence-electron chi connectivity index (χ3n) is 11.8. The molecule has 0 saturated carbocycles. The van der Waals surface area contributed by atoms with E-state index < -0.39 is 0 Å². The Kier molecular flexibility index (Phi) is 5.88. The van der Waals surface area contributed by atoms with Gasteiger partial charge in [-0.3, -0.25) is 0 Å². The quantitative estimate of drug-likeness (QED) is 0.189. The van der Waals surface area contributed by atoms with Gasteiger partial charge >= 0.3 is 0 Å². The second kappa shape index (κ2) is 9.69. The Bertz CT molecular complexity index is 2390. The first-order chi connectivity index (χ1) is 22.6. The fourth-order valence-corrected chi connectivity index (χ4v) is 9.55. The summed E-state index contributed by atoms with van der Waals surface area (Å²) in [5.41, 5.74) is 14.6. The van der Waals surface area contributed by atoms with Gasteiger partial charge in [0.05, 0.1) is 0 Å². The van der Waals surface area contributed by atoms with E-state index in [1.165, 1.54) is 76.1 Å². The maximum absolute atomic E-state index is 2.56. The maximum atomic E-state index is 2.56. The fraction of sp³-hybridized carbons (Fsp3) is 0.200. The average molecular weight is 626 g/mol. The number of nitrogens with zero attached hydrogens (tertiary/aromatic N) is 1. The van der Waals surface area contributed by atoms with Crippen LogP contribution in [0.5, 0.6) is 0 Å². The topological polar surface area (TPSA) is 3.24 Å². The molecular formula is C45H39NS. The number of rotatable bonds is 3. The lowest BCUT2D eigenvalue weighted by Crippen LogP contribution is -2.43. The molecular weight excluding hydrogens is 587 g/mol. The third-order valence-corrected chi connectivity index (χ3v) is 13.0. The number of benzene rings is 6. The Morgan fingerprint density at radius 1 is 0.404 bits per heavy atom. The minimum Gasteiger partial charge on any atom is -0.310 e. The molecule has 0 radical (unpaired) electrons. The van der Waals surface area contributed by atoms with Gasteiger partial charge in [0.2, 0.25) is 0 Å². The van der Waals surface area contributed by atoms with Crippen LogP contribution < -0.4 is 4.90 Å². The normalized spacial score (nSPS) is 16.4. The average Bonchev–Trinajstić information content (AvgIpc) is 3.55. The molecule has 0 bridgehead atoms. The largest absolute Gasteiger partial charge is 0.310 e. The summed E-state index contributed by atoms with van der Waals surface area (Å²) in [6, 6.07) is 47.8. The van der Waals surface area contributed by atoms with Gasteiger partial charge in [0.25, 0.3) is 0 Å². The first kappa shape index (κ1) is 28.6. The first-order valence-corrected chi connectivity index (χ1v) is 17.6. The molecule has 230 valence electrons. The Morgan fingerprint density at radius 2 is 1.00 bits per heavy atom. The van der Waals surface area contributed by atoms with E-state index >= 15 is 0 Å². The minimum atomic E-state index is -0.136. The summed E-state index contributed by atoms with van der Waals surface area (Å²) in [5, 5.41) is 2.64. The smallest absolute Gasteiger partial charge is 0.0468 e. The number of hydrogen-bond donors (Lipinski definition) is 0. The van der Waals surface area contributed by atoms with Gasteiger partial charge in [0.1, 0.15) is 0 Å². The molecule has 0 unspecified atom stereocenters. The zero-order valence-electron chi connectivity index (χ0n) is 28.0. The van der Waals surface area contributed by atoms with Crippen molar-refractivity contribution in [2.45, 2.75) is 57.8 Å². The van der Waals surface area contributed by atoms with Crippen LogP contribution in [-0.4, -0.2) is 0 Å². The SMILES string of the molecule is CC1(C)c2cc(N(c3ccccc3)c3ccc4sc5ccccc5c4c3)ccc2-c2cc3c(cc21)C(C)(C)C(C)(C)c1ccccc1-3. The Balaban J connectivity index is 1.23. The van der Waals surface area contributed by atoms with Crippen molar-refractivity contribution in [3.05, 3.63) is 150 Å². The van der Waals surface area contributed by atoms with Crippen molar-refractivity contribution in [1.29, 1.82) is 0 Å². The van der Waals surface area contributed by atoms with Gasteiger partial charge in [-0.05, 0) is 110 Å². The van der Waals surface area contributed by atoms with Crippen molar-refractivity contribution in [3.63, 3.8) is 0 Å². The number of fused-ring (bicyclic) bond motifs is 9. The predicted octanol–water partition coefficient (Wildman–Crippen LogP) is 13.1. The lowest BCUT2D eigenvalue weighted by Gasteiger charge is -2.48. The van der Waals surface area contributed by atoms with Crippen molar-refractivity contribution in [2.75, 3.05) is 4.90 Å². The summed E-state index contributed by atoms with van der Waals surface area (Å²) >= 11 is 1.87. The zero-order valence-corrected chi connectivity index (χ0v) is 28.8. The summed E-state index contributed by atoms with van der Waals surface area (Å²) in [4.78, 5) is 2.43. The van der Waals surface area contributed by atoms with Crippen molar-refractivity contribution < 1.29 is 0 Å². The van der Waals surface area contributed by atoms with Gasteiger partial charge in [-0.1, -0.05) is 114 Å². The Hall–Kier alpha value is -4.66. The van der Waals surface area contributed by atoms with Crippen LogP contribution in [0.1, 0.15) is 63.8 Å². The molecule has 0 amide bonds. The molecule has 0 saturated heterocycles. The molecule has 0 atom stereocenters. The van der Waals surface area contributed by atoms with Gasteiger partial charge in [0, 0.05) is 42.6 Å². The van der Waals surface area contributed by atoms with Crippen LogP contribution >= 0.6 is 11.3 Å². The molecule has 2 aliphatic rings. The van der Waals surface area contributed by atoms with E-state index in [9.17, 15) is 0 Å². The molecule has 1 aromatic heterocycles. The van der Waals surface area contributed by atoms with Crippen LogP contribution in [0, 0.1) is 0 Å². The van der Waals surface area contributed by atoms with Crippen molar-refractivity contribution in [1.82, 2.24) is 0 Å². The molecule has 2 heteroatoms. The number of thiophene rings is 1. The molecule has 2 aliphatic carbocycles. The van der Waals surface area contributed by atoms with E-state index in [-0.39, 0.29) is 16.2 Å². The van der Waals surface area contributed by atoms with Crippen LogP contribution in [-0.2, 0) is 16.2 Å². The summed E-state index contributed by atoms with van der Waals surface area (Å²) in [6.45, 7) is 14.5. The maximum Gasteiger partial charge on any atom is 0.0468 e. The second-order valence-electron chi connectivity index (χ2n) is 15.0. The molecule has 6 aromatic carbocycles. The van der Waals surface area contributed by atoms with E-state index in [1.807, 2.05) is 11.3 Å². The summed E-state index contributed by atoms with van der Waals surface area (Å²) in [5.74, 6) is 0. The summed E-state index contributed by atoms with van der Waals surface area (Å²) in [7, 11) is 0. The van der Waals surface area contributed by atoms with Gasteiger partial charge in [-0.2, -0.15) is 0 Å². The van der Waals surface area contributed by atoms with Gasteiger partial charge in [0.15, 0.2) is 0 Å². The van der Waals surface area contributed by atoms with Crippen LogP contribution in [0.4, 0.5) is 17.1 Å². The van der Waals surface area contributed by atoms with E-state index in [4.69, 9.17) is 0 Å². The van der Waals surface area contributed by atoms with Crippen LogP contribution in [0.25, 0.3) is 42.4 Å². The van der Waals surface area contributed by atoms with E-state index in [0.29, 0.717) is 0 Å². The number of para-hydroxylation sites is 1. The standard InChI is InChI=1S/C45H39NS/c1-43(2)38-25-30(46(28-14-8-7-9-15-28)29-21-23-42-36(24-29)33-17-11-13-19-41(33)47-42)20-22-32(38)34-26-35-31-16-10-12-18-37(31)44(3,4)45(5,6)40(35)27-39(34)43/h7-27H,1-6H3. The highest BCUT2D eigenvalue weighted by atomic mass is 32.1. The van der Waals surface area contributed by atoms with E-state index in [2.05, 4.69) is 174 Å². The van der Waals surface area contributed by atoms with Gasteiger partial charge in [-0.15, -0.1) is 11.3 Å². The number of anilines is 3. The van der Waals surface area contributed by atoms with Crippen molar-refractivity contribution in [2.24, 2.45) is 0 Å². The number of hydrogen-bond acceptors (Lipinski definition) is 2. The molecule has 1 heterocycles. The summed E-state index contributed by atoms with van der Waals surface area (Å²) < 4.78 is 2.66. The minimum absolute atomic E-state index is 0.0126. The van der Waals surface area contributed by atoms with E-state index in [0.717, 1.165) is 5.69 Å². The fourth-order valence-electron chi connectivity index (χ4n) is 8.46. The van der Waals surface area contributed by atoms with E-state index in [1.54, 1.807) is 0 Å². The van der Waals surface area contributed by atoms with Crippen LogP contribution in [0.3, 0.4) is 0 Å². The molecule has 1 nitrogen and oxygen atoms in total. The summed E-state index contributed by atoms with van der Waals surface area (Å²) in [6.07, 6.45) is 0. The molecule has 0 N–H and O–H groups in total. The molecule has 0 fully saturated rings. The first-order valence-electron chi connectivity index (χ1n) is 16.8. The van der Waals surface area contributed by atoms with Crippen LogP contribution in [0.2, 0.25) is 0 Å². The van der Waals surface area contributed by atoms with Gasteiger partial charge < -0.3 is 4.90 Å². The lowest BCUT2D eigenvalue weighted by atomic mass is 9.55. The highest BCUT2D eigenvalue weighted by molar-refractivity contribution is 7.25. The second-order valence-corrected chi connectivity index (χ2v) is 16.1. The molecule has 7 aromatic rings. The van der Waals surface area contributed by atoms with Crippen molar-refractivity contribution in [3.8, 4) is 22.3 Å². The third kappa shape index (κ3) is 3.88. The Morgan fingerprint density at radius 3 is 1.83 bits per heavy atom. The Labute approximate surface area is 282 Å². The van der Waals surface area contributed by atoms with Crippen molar-refractivity contribution >= 4 is 48.6 Å². The van der Waals surface area contributed by atoms with Crippen LogP contribution in [0.15, 0.2) is 127 Å². The highest BCUT2D eigenvalue weighted by Gasteiger charge is 2.47. The molecule has 9 rings (SSSR count). The zero-order chi connectivity index (χ0) is 32.3. The monoisotopic (exact) mass is 625 g/mol. The predicted molar refractivity (Wildman–Crippen MR) is 203 cm³/mol. The molecule has 0 spiro atoms. The molecule has 47 heavy (non-hydrogen) atoms. The lowest BCUT2D eigenvalue weighted by molar-refractivity contribution is 0.298. The van der Waals surface area contributed by atoms with Gasteiger partial charge in [-0.25, -0.2) is 0 Å². The highest BCUT2D eigenvalue weighted by Crippen LogP contribution is 2.58.